The summed E-state index contributed by atoms with van der Waals surface area (Å²) in [5.74, 6) is 0.649. The van der Waals surface area contributed by atoms with Crippen molar-refractivity contribution < 1.29 is 22.9 Å². The normalized spacial score (nSPS) is 22.2. The van der Waals surface area contributed by atoms with Crippen LogP contribution < -0.4 is 4.90 Å². The van der Waals surface area contributed by atoms with Crippen molar-refractivity contribution >= 4 is 21.7 Å². The van der Waals surface area contributed by atoms with E-state index < -0.39 is 10.0 Å². The van der Waals surface area contributed by atoms with E-state index in [-0.39, 0.29) is 16.6 Å². The number of nitrogens with zero attached hydrogens (tertiary/aromatic N) is 2. The summed E-state index contributed by atoms with van der Waals surface area (Å²) < 4.78 is 27.2. The molecule has 3 rings (SSSR count). The maximum atomic E-state index is 12.8. The van der Waals surface area contributed by atoms with Gasteiger partial charge in [-0.15, -0.1) is 0 Å². The third-order valence-electron chi connectivity index (χ3n) is 5.74. The van der Waals surface area contributed by atoms with Gasteiger partial charge in [0.15, 0.2) is 12.3 Å². The number of nitrogens with one attached hydrogen (secondary N) is 1. The number of likely N-dealkylation sites (tertiary alicyclic amines) is 1. The van der Waals surface area contributed by atoms with Crippen LogP contribution >= 0.6 is 0 Å². The van der Waals surface area contributed by atoms with Crippen molar-refractivity contribution in [3.63, 3.8) is 0 Å². The molecule has 28 heavy (non-hydrogen) atoms. The Hall–Kier alpha value is -1.77. The molecule has 0 bridgehead atoms. The van der Waals surface area contributed by atoms with Gasteiger partial charge in [-0.25, -0.2) is 8.42 Å². The molecule has 8 heteroatoms. The van der Waals surface area contributed by atoms with Gasteiger partial charge in [-0.3, -0.25) is 9.59 Å². The highest BCUT2D eigenvalue weighted by atomic mass is 32.2. The average molecular weight is 409 g/mol. The second-order valence-corrected chi connectivity index (χ2v) is 9.94. The molecule has 1 N–H and O–H groups in total. The molecular weight excluding hydrogens is 378 g/mol. The molecule has 2 aliphatic heterocycles. The molecule has 1 aromatic carbocycles. The van der Waals surface area contributed by atoms with E-state index in [1.165, 1.54) is 29.8 Å². The second-order valence-electron chi connectivity index (χ2n) is 8.00. The van der Waals surface area contributed by atoms with Gasteiger partial charge in [0, 0.05) is 18.7 Å². The highest BCUT2D eigenvalue weighted by Crippen LogP contribution is 2.17. The first-order valence-corrected chi connectivity index (χ1v) is 11.4. The zero-order valence-electron chi connectivity index (χ0n) is 16.7. The summed E-state index contributed by atoms with van der Waals surface area (Å²) in [6.45, 7) is 7.80. The number of amides is 1. The van der Waals surface area contributed by atoms with Crippen molar-refractivity contribution in [1.29, 1.82) is 0 Å². The van der Waals surface area contributed by atoms with E-state index in [0.29, 0.717) is 44.2 Å². The molecule has 2 saturated heterocycles. The molecule has 1 aromatic rings. The quantitative estimate of drug-likeness (QED) is 0.698. The Labute approximate surface area is 167 Å². The number of quaternary nitrogens is 1. The van der Waals surface area contributed by atoms with E-state index >= 15 is 0 Å². The number of hydrogen-bond acceptors (Lipinski definition) is 4. The summed E-state index contributed by atoms with van der Waals surface area (Å²) in [4.78, 5) is 27.2. The van der Waals surface area contributed by atoms with Crippen LogP contribution in [0.25, 0.3) is 0 Å². The molecular formula is C20H30N3O4S+. The Balaban J connectivity index is 1.55. The van der Waals surface area contributed by atoms with Crippen LogP contribution in [-0.4, -0.2) is 75.1 Å². The largest absolute Gasteiger partial charge is 0.338 e. The van der Waals surface area contributed by atoms with Gasteiger partial charge in [-0.1, -0.05) is 19.1 Å². The van der Waals surface area contributed by atoms with Gasteiger partial charge in [-0.05, 0) is 37.8 Å². The molecule has 0 radical (unpaired) electrons. The summed E-state index contributed by atoms with van der Waals surface area (Å²) in [7, 11) is -3.57. The molecule has 2 heterocycles. The first-order chi connectivity index (χ1) is 13.3. The maximum Gasteiger partial charge on any atom is 0.277 e. The number of Topliss-reactive ketones (excluding diaryl/α,β-unsaturated/α-hetero) is 1. The van der Waals surface area contributed by atoms with Crippen molar-refractivity contribution in [3.8, 4) is 0 Å². The topological polar surface area (TPSA) is 79.2 Å². The van der Waals surface area contributed by atoms with Crippen LogP contribution in [0.4, 0.5) is 0 Å². The predicted molar refractivity (Wildman–Crippen MR) is 106 cm³/mol. The number of piperidine rings is 1. The smallest absolute Gasteiger partial charge is 0.277 e. The van der Waals surface area contributed by atoms with E-state index in [2.05, 4.69) is 6.92 Å². The zero-order valence-corrected chi connectivity index (χ0v) is 17.5. The van der Waals surface area contributed by atoms with Gasteiger partial charge < -0.3 is 9.80 Å². The highest BCUT2D eigenvalue weighted by Gasteiger charge is 2.32. The van der Waals surface area contributed by atoms with Gasteiger partial charge in [0.2, 0.25) is 10.0 Å². The van der Waals surface area contributed by atoms with Crippen LogP contribution in [-0.2, 0) is 14.8 Å². The number of hydrogen-bond donors (Lipinski definition) is 1. The second kappa shape index (κ2) is 8.71. The Kier molecular flexibility index (Phi) is 6.52. The highest BCUT2D eigenvalue weighted by molar-refractivity contribution is 7.89. The summed E-state index contributed by atoms with van der Waals surface area (Å²) in [5, 5.41) is 0. The molecule has 7 nitrogen and oxygen atoms in total. The van der Waals surface area contributed by atoms with Crippen molar-refractivity contribution in [2.75, 3.05) is 45.8 Å². The number of ketones is 1. The van der Waals surface area contributed by atoms with Gasteiger partial charge >= 0.3 is 0 Å². The van der Waals surface area contributed by atoms with E-state index in [1.54, 1.807) is 12.1 Å². The van der Waals surface area contributed by atoms with E-state index in [4.69, 9.17) is 0 Å². The van der Waals surface area contributed by atoms with Crippen LogP contribution in [0.2, 0.25) is 0 Å². The van der Waals surface area contributed by atoms with E-state index in [0.717, 1.165) is 24.4 Å². The maximum absolute atomic E-state index is 12.8. The van der Waals surface area contributed by atoms with Crippen LogP contribution in [0, 0.1) is 5.92 Å². The fourth-order valence-electron chi connectivity index (χ4n) is 3.97. The van der Waals surface area contributed by atoms with E-state index in [1.807, 2.05) is 4.90 Å². The summed E-state index contributed by atoms with van der Waals surface area (Å²) in [6.07, 6.45) is 2.25. The fraction of sp³-hybridized carbons (Fsp3) is 0.600. The Morgan fingerprint density at radius 1 is 1.11 bits per heavy atom. The molecule has 2 aliphatic rings. The first-order valence-electron chi connectivity index (χ1n) is 10.00. The minimum Gasteiger partial charge on any atom is -0.338 e. The average Bonchev–Trinajstić information content (AvgIpc) is 2.68. The van der Waals surface area contributed by atoms with Gasteiger partial charge in [-0.2, -0.15) is 4.31 Å². The number of benzene rings is 1. The number of piperazine rings is 1. The molecule has 154 valence electrons. The van der Waals surface area contributed by atoms with Crippen molar-refractivity contribution in [1.82, 2.24) is 9.21 Å². The monoisotopic (exact) mass is 408 g/mol. The lowest BCUT2D eigenvalue weighted by atomic mass is 10.0. The van der Waals surface area contributed by atoms with Gasteiger partial charge in [0.1, 0.15) is 0 Å². The lowest BCUT2D eigenvalue weighted by Gasteiger charge is -2.34. The van der Waals surface area contributed by atoms with Gasteiger partial charge in [0.05, 0.1) is 31.1 Å². The molecule has 1 atom stereocenters. The molecule has 0 saturated carbocycles. The minimum atomic E-state index is -3.57. The number of sulfonamides is 1. The van der Waals surface area contributed by atoms with Crippen molar-refractivity contribution in [2.45, 2.75) is 31.6 Å². The predicted octanol–water partition coefficient (Wildman–Crippen LogP) is 0.0369. The van der Waals surface area contributed by atoms with Gasteiger partial charge in [0.25, 0.3) is 5.91 Å². The molecule has 2 fully saturated rings. The SMILES string of the molecule is CC(=O)c1ccc(S(=O)(=O)N2CC[NH+](CC(=O)N3CCC[C@@H](C)C3)CC2)cc1. The van der Waals surface area contributed by atoms with Crippen LogP contribution in [0.15, 0.2) is 29.2 Å². The fourth-order valence-corrected chi connectivity index (χ4v) is 5.41. The summed E-state index contributed by atoms with van der Waals surface area (Å²) in [5.41, 5.74) is 0.499. The van der Waals surface area contributed by atoms with Crippen LogP contribution in [0.5, 0.6) is 0 Å². The molecule has 0 aliphatic carbocycles. The lowest BCUT2D eigenvalue weighted by Crippen LogP contribution is -3.15. The van der Waals surface area contributed by atoms with Crippen molar-refractivity contribution in [3.05, 3.63) is 29.8 Å². The third-order valence-corrected chi connectivity index (χ3v) is 7.65. The standard InChI is InChI=1S/C20H29N3O4S/c1-16-4-3-9-22(14-16)20(25)15-21-10-12-23(13-11-21)28(26,27)19-7-5-18(6-8-19)17(2)24/h5-8,16H,3-4,9-15H2,1-2H3/p+1/t16-/m1/s1. The molecule has 0 aromatic heterocycles. The molecule has 1 amide bonds. The molecule has 0 unspecified atom stereocenters. The molecule has 0 spiro atoms. The number of carbonyl (C=O) groups excluding carboxylic acids is 2. The number of rotatable bonds is 5. The van der Waals surface area contributed by atoms with E-state index in [9.17, 15) is 18.0 Å². The summed E-state index contributed by atoms with van der Waals surface area (Å²) >= 11 is 0. The van der Waals surface area contributed by atoms with Crippen LogP contribution in [0.1, 0.15) is 37.0 Å². The Morgan fingerprint density at radius 2 is 1.75 bits per heavy atom. The Bertz CT molecular complexity index is 814. The number of carbonyl (C=O) groups is 2. The summed E-state index contributed by atoms with van der Waals surface area (Å²) in [6, 6.07) is 6.09. The van der Waals surface area contributed by atoms with Crippen molar-refractivity contribution in [2.24, 2.45) is 5.92 Å². The first kappa shape index (κ1) is 21.0. The zero-order chi connectivity index (χ0) is 20.3. The lowest BCUT2D eigenvalue weighted by molar-refractivity contribution is -0.896. The third kappa shape index (κ3) is 4.79. The Morgan fingerprint density at radius 3 is 2.32 bits per heavy atom. The minimum absolute atomic E-state index is 0.0890. The van der Waals surface area contributed by atoms with Crippen LogP contribution in [0.3, 0.4) is 0 Å².